The van der Waals surface area contributed by atoms with Crippen LogP contribution in [0.5, 0.6) is 0 Å². The first-order valence-corrected chi connectivity index (χ1v) is 3.77. The maximum Gasteiger partial charge on any atom is 0.104 e. The van der Waals surface area contributed by atoms with Crippen LogP contribution in [0.25, 0.3) is 0 Å². The van der Waals surface area contributed by atoms with Crippen LogP contribution in [0.1, 0.15) is 5.56 Å². The van der Waals surface area contributed by atoms with Gasteiger partial charge in [-0.2, -0.15) is 0 Å². The van der Waals surface area contributed by atoms with Gasteiger partial charge in [0.2, 0.25) is 0 Å². The highest BCUT2D eigenvalue weighted by Gasteiger charge is 2.06. The van der Waals surface area contributed by atoms with E-state index in [1.54, 1.807) is 0 Å². The fraction of sp³-hybridized carbons (Fsp3) is 0.444. The van der Waals surface area contributed by atoms with Crippen LogP contribution >= 0.6 is 0 Å². The molecule has 1 rings (SSSR count). The van der Waals surface area contributed by atoms with E-state index in [9.17, 15) is 0 Å². The fourth-order valence-corrected chi connectivity index (χ4v) is 1.04. The molecule has 0 saturated heterocycles. The van der Waals surface area contributed by atoms with Gasteiger partial charge in [0.1, 0.15) is 6.54 Å². The van der Waals surface area contributed by atoms with Crippen molar-refractivity contribution in [2.75, 3.05) is 21.1 Å². The van der Waals surface area contributed by atoms with E-state index in [0.29, 0.717) is 0 Å². The molecule has 2 heteroatoms. The number of aromatic nitrogens is 1. The second-order valence-electron chi connectivity index (χ2n) is 3.80. The topological polar surface area (TPSA) is 12.9 Å². The van der Waals surface area contributed by atoms with Gasteiger partial charge in [0.05, 0.1) is 21.1 Å². The second-order valence-corrected chi connectivity index (χ2v) is 3.80. The number of hydrogen-bond donors (Lipinski definition) is 0. The van der Waals surface area contributed by atoms with E-state index in [4.69, 9.17) is 0 Å². The van der Waals surface area contributed by atoms with Gasteiger partial charge >= 0.3 is 0 Å². The lowest BCUT2D eigenvalue weighted by Crippen LogP contribution is -2.33. The molecule has 0 saturated carbocycles. The summed E-state index contributed by atoms with van der Waals surface area (Å²) in [5.74, 6) is 0. The van der Waals surface area contributed by atoms with Crippen LogP contribution in [0.15, 0.2) is 24.5 Å². The summed E-state index contributed by atoms with van der Waals surface area (Å²) in [6, 6.07) is 4.12. The lowest BCUT2D eigenvalue weighted by Gasteiger charge is -2.23. The van der Waals surface area contributed by atoms with E-state index in [-0.39, 0.29) is 0 Å². The molecule has 1 aromatic rings. The Morgan fingerprint density at radius 3 is 2.18 bits per heavy atom. The summed E-state index contributed by atoms with van der Waals surface area (Å²) < 4.78 is 0.962. The van der Waals surface area contributed by atoms with Gasteiger partial charge in [0.25, 0.3) is 0 Å². The minimum absolute atomic E-state index is 0.962. The molecular formula is C9H15N2+. The largest absolute Gasteiger partial charge is 0.327 e. The van der Waals surface area contributed by atoms with Gasteiger partial charge in [0.15, 0.2) is 0 Å². The maximum atomic E-state index is 3.97. The van der Waals surface area contributed by atoms with E-state index in [1.807, 2.05) is 12.4 Å². The fourth-order valence-electron chi connectivity index (χ4n) is 1.04. The summed E-state index contributed by atoms with van der Waals surface area (Å²) in [7, 11) is 6.54. The molecule has 1 aromatic heterocycles. The number of quaternary nitrogens is 1. The number of nitrogens with zero attached hydrogens (tertiary/aromatic N) is 2. The molecule has 2 nitrogen and oxygen atoms in total. The Morgan fingerprint density at radius 1 is 1.18 bits per heavy atom. The molecule has 0 fully saturated rings. The van der Waals surface area contributed by atoms with Gasteiger partial charge in [0, 0.05) is 18.0 Å². The highest BCUT2D eigenvalue weighted by atomic mass is 15.3. The van der Waals surface area contributed by atoms with Crippen molar-refractivity contribution in [3.63, 3.8) is 0 Å². The van der Waals surface area contributed by atoms with Gasteiger partial charge in [-0.1, -0.05) is 0 Å². The Balaban J connectivity index is 2.66. The van der Waals surface area contributed by atoms with Crippen molar-refractivity contribution in [1.29, 1.82) is 0 Å². The molecule has 0 aliphatic heterocycles. The molecule has 0 radical (unpaired) electrons. The van der Waals surface area contributed by atoms with Crippen LogP contribution in [0.4, 0.5) is 0 Å². The van der Waals surface area contributed by atoms with Crippen LogP contribution in [0.2, 0.25) is 0 Å². The Kier molecular flexibility index (Phi) is 2.25. The molecule has 0 spiro atoms. The standard InChI is InChI=1S/C9H15N2/c1-11(2,3)8-9-4-6-10-7-5-9/h4-7H,8H2,1-3H3/q+1. The molecule has 0 atom stereocenters. The molecule has 0 bridgehead atoms. The maximum absolute atomic E-state index is 3.97. The molecule has 1 heterocycles. The smallest absolute Gasteiger partial charge is 0.104 e. The van der Waals surface area contributed by atoms with Crippen molar-refractivity contribution >= 4 is 0 Å². The molecule has 60 valence electrons. The minimum Gasteiger partial charge on any atom is -0.327 e. The van der Waals surface area contributed by atoms with Gasteiger partial charge in [-0.25, -0.2) is 0 Å². The summed E-state index contributed by atoms with van der Waals surface area (Å²) in [4.78, 5) is 3.97. The Labute approximate surface area is 68.1 Å². The zero-order valence-corrected chi connectivity index (χ0v) is 7.41. The summed E-state index contributed by atoms with van der Waals surface area (Å²) in [6.45, 7) is 1.06. The highest BCUT2D eigenvalue weighted by Crippen LogP contribution is 2.03. The third-order valence-electron chi connectivity index (χ3n) is 1.41. The van der Waals surface area contributed by atoms with Crippen LogP contribution in [0, 0.1) is 0 Å². The summed E-state index contributed by atoms with van der Waals surface area (Å²) >= 11 is 0. The van der Waals surface area contributed by atoms with Crippen molar-refractivity contribution in [3.8, 4) is 0 Å². The lowest BCUT2D eigenvalue weighted by atomic mass is 10.2. The second kappa shape index (κ2) is 3.01. The predicted molar refractivity (Wildman–Crippen MR) is 46.0 cm³/mol. The van der Waals surface area contributed by atoms with Gasteiger partial charge < -0.3 is 4.48 Å². The first kappa shape index (κ1) is 8.21. The molecule has 0 amide bonds. The quantitative estimate of drug-likeness (QED) is 0.580. The molecule has 0 aliphatic carbocycles. The molecule has 0 aliphatic rings. The lowest BCUT2D eigenvalue weighted by molar-refractivity contribution is -0.884. The predicted octanol–water partition coefficient (Wildman–Crippen LogP) is 1.29. The third-order valence-corrected chi connectivity index (χ3v) is 1.41. The van der Waals surface area contributed by atoms with Gasteiger partial charge in [-0.15, -0.1) is 0 Å². The van der Waals surface area contributed by atoms with Crippen molar-refractivity contribution in [1.82, 2.24) is 4.98 Å². The number of hydrogen-bond acceptors (Lipinski definition) is 1. The zero-order valence-electron chi connectivity index (χ0n) is 7.41. The molecule has 0 unspecified atom stereocenters. The van der Waals surface area contributed by atoms with E-state index in [1.165, 1.54) is 5.56 Å². The first-order chi connectivity index (χ1) is 5.08. The average molecular weight is 151 g/mol. The van der Waals surface area contributed by atoms with Crippen LogP contribution in [0.3, 0.4) is 0 Å². The Morgan fingerprint density at radius 2 is 1.73 bits per heavy atom. The van der Waals surface area contributed by atoms with Crippen molar-refractivity contribution < 1.29 is 4.48 Å². The van der Waals surface area contributed by atoms with Gasteiger partial charge in [-0.3, -0.25) is 4.98 Å². The molecular weight excluding hydrogens is 136 g/mol. The molecule has 11 heavy (non-hydrogen) atoms. The number of pyridine rings is 1. The molecule has 0 N–H and O–H groups in total. The third kappa shape index (κ3) is 3.14. The summed E-state index contributed by atoms with van der Waals surface area (Å²) in [6.07, 6.45) is 3.68. The first-order valence-electron chi connectivity index (χ1n) is 3.77. The average Bonchev–Trinajstić information content (AvgIpc) is 1.85. The minimum atomic E-state index is 0.962. The van der Waals surface area contributed by atoms with E-state index in [2.05, 4.69) is 38.3 Å². The Bertz CT molecular complexity index is 211. The van der Waals surface area contributed by atoms with E-state index < -0.39 is 0 Å². The SMILES string of the molecule is C[N+](C)(C)Cc1ccncc1. The van der Waals surface area contributed by atoms with Crippen LogP contribution in [-0.2, 0) is 6.54 Å². The highest BCUT2D eigenvalue weighted by molar-refractivity contribution is 5.07. The van der Waals surface area contributed by atoms with Crippen molar-refractivity contribution in [2.24, 2.45) is 0 Å². The number of rotatable bonds is 2. The van der Waals surface area contributed by atoms with Crippen LogP contribution in [-0.4, -0.2) is 30.6 Å². The normalized spacial score (nSPS) is 11.5. The van der Waals surface area contributed by atoms with Crippen molar-refractivity contribution in [3.05, 3.63) is 30.1 Å². The van der Waals surface area contributed by atoms with Crippen LogP contribution < -0.4 is 0 Å². The zero-order chi connectivity index (χ0) is 8.32. The van der Waals surface area contributed by atoms with E-state index in [0.717, 1.165) is 11.0 Å². The molecule has 0 aromatic carbocycles. The summed E-state index contributed by atoms with van der Waals surface area (Å²) in [5, 5.41) is 0. The van der Waals surface area contributed by atoms with Crippen molar-refractivity contribution in [2.45, 2.75) is 6.54 Å². The Hall–Kier alpha value is -0.890. The van der Waals surface area contributed by atoms with Gasteiger partial charge in [-0.05, 0) is 12.1 Å². The summed E-state index contributed by atoms with van der Waals surface area (Å²) in [5.41, 5.74) is 1.34. The van der Waals surface area contributed by atoms with E-state index >= 15 is 0 Å². The monoisotopic (exact) mass is 151 g/mol.